The van der Waals surface area contributed by atoms with Gasteiger partial charge in [-0.2, -0.15) is 0 Å². The largest absolute Gasteiger partial charge is 0.350 e. The fourth-order valence-electron chi connectivity index (χ4n) is 6.41. The highest BCUT2D eigenvalue weighted by Gasteiger charge is 2.51. The summed E-state index contributed by atoms with van der Waals surface area (Å²) in [5, 5.41) is 17.1. The topological polar surface area (TPSA) is 101 Å². The maximum Gasteiger partial charge on any atom is 0.271 e. The molecule has 33 heavy (non-hydrogen) atoms. The average Bonchev–Trinajstić information content (AvgIpc) is 2.77. The van der Waals surface area contributed by atoms with E-state index in [2.05, 4.69) is 10.6 Å². The summed E-state index contributed by atoms with van der Waals surface area (Å²) in [6.07, 6.45) is 7.32. The van der Waals surface area contributed by atoms with Gasteiger partial charge in [-0.15, -0.1) is 11.8 Å². The molecule has 0 radical (unpaired) electrons. The molecule has 4 saturated carbocycles. The Morgan fingerprint density at radius 1 is 1.00 bits per heavy atom. The fraction of sp³-hybridized carbons (Fsp3) is 0.440. The smallest absolute Gasteiger partial charge is 0.271 e. The molecule has 6 rings (SSSR count). The van der Waals surface area contributed by atoms with Gasteiger partial charge in [0.25, 0.3) is 11.6 Å². The normalized spacial score (nSPS) is 27.2. The molecule has 4 fully saturated rings. The number of nitrogens with zero attached hydrogens (tertiary/aromatic N) is 1. The Bertz CT molecular complexity index is 1070. The predicted molar refractivity (Wildman–Crippen MR) is 127 cm³/mol. The van der Waals surface area contributed by atoms with Crippen molar-refractivity contribution in [3.8, 4) is 0 Å². The number of nitro benzene ring substituents is 1. The average molecular weight is 466 g/mol. The summed E-state index contributed by atoms with van der Waals surface area (Å²) < 4.78 is 0. The highest BCUT2D eigenvalue weighted by Crippen LogP contribution is 2.55. The Morgan fingerprint density at radius 3 is 2.33 bits per heavy atom. The van der Waals surface area contributed by atoms with E-state index >= 15 is 0 Å². The van der Waals surface area contributed by atoms with Crippen LogP contribution in [0.5, 0.6) is 0 Å². The van der Waals surface area contributed by atoms with Gasteiger partial charge in [0.2, 0.25) is 5.91 Å². The summed E-state index contributed by atoms with van der Waals surface area (Å²) in [5.74, 6) is 2.21. The number of hydrogen-bond acceptors (Lipinski definition) is 5. The molecule has 0 aliphatic heterocycles. The van der Waals surface area contributed by atoms with E-state index in [0.29, 0.717) is 16.1 Å². The molecule has 0 spiro atoms. The van der Waals surface area contributed by atoms with Crippen LogP contribution < -0.4 is 10.6 Å². The van der Waals surface area contributed by atoms with Gasteiger partial charge in [-0.3, -0.25) is 19.7 Å². The minimum Gasteiger partial charge on any atom is -0.350 e. The Hall–Kier alpha value is -2.87. The predicted octanol–water partition coefficient (Wildman–Crippen LogP) is 5.02. The summed E-state index contributed by atoms with van der Waals surface area (Å²) in [7, 11) is 0. The highest BCUT2D eigenvalue weighted by molar-refractivity contribution is 8.00. The number of rotatable bonds is 7. The third-order valence-corrected chi connectivity index (χ3v) is 8.32. The first-order valence-corrected chi connectivity index (χ1v) is 12.5. The van der Waals surface area contributed by atoms with Crippen molar-refractivity contribution >= 4 is 35.0 Å². The van der Waals surface area contributed by atoms with E-state index < -0.39 is 4.92 Å². The molecular formula is C25H27N3O4S. The van der Waals surface area contributed by atoms with E-state index in [1.807, 2.05) is 12.1 Å². The number of thioether (sulfide) groups is 1. The minimum atomic E-state index is -0.498. The molecule has 172 valence electrons. The first-order valence-electron chi connectivity index (χ1n) is 11.5. The zero-order chi connectivity index (χ0) is 23.0. The number of non-ortho nitro benzene ring substituents is 1. The van der Waals surface area contributed by atoms with Crippen LogP contribution >= 0.6 is 11.8 Å². The fourth-order valence-corrected chi connectivity index (χ4v) is 7.26. The second-order valence-corrected chi connectivity index (χ2v) is 10.8. The van der Waals surface area contributed by atoms with Crippen molar-refractivity contribution in [2.75, 3.05) is 11.1 Å². The standard InChI is InChI=1S/C25H27N3O4S/c29-23(27-25-12-16-8-17(13-25)10-18(9-16)14-25)15-33-22-7-2-1-6-21(22)24(30)26-19-4-3-5-20(11-19)28(31)32/h1-7,11,16-18H,8-10,12-15H2,(H,26,30)(H,27,29). The third kappa shape index (κ3) is 4.76. The molecule has 4 bridgehead atoms. The highest BCUT2D eigenvalue weighted by atomic mass is 32.2. The van der Waals surface area contributed by atoms with Crippen LogP contribution in [0, 0.1) is 27.9 Å². The zero-order valence-corrected chi connectivity index (χ0v) is 19.1. The number of hydrogen-bond donors (Lipinski definition) is 2. The van der Waals surface area contributed by atoms with Crippen LogP contribution in [0.15, 0.2) is 53.4 Å². The first kappa shape index (κ1) is 21.9. The SMILES string of the molecule is O=C(CSc1ccccc1C(=O)Nc1cccc([N+](=O)[O-])c1)NC12CC3CC(CC(C3)C1)C2. The van der Waals surface area contributed by atoms with Crippen molar-refractivity contribution in [2.45, 2.75) is 49.0 Å². The molecule has 2 amide bonds. The van der Waals surface area contributed by atoms with Crippen molar-refractivity contribution in [3.63, 3.8) is 0 Å². The molecule has 0 heterocycles. The van der Waals surface area contributed by atoms with E-state index in [4.69, 9.17) is 0 Å². The Labute approximate surface area is 196 Å². The summed E-state index contributed by atoms with van der Waals surface area (Å²) in [6.45, 7) is 0. The van der Waals surface area contributed by atoms with Gasteiger partial charge in [0.1, 0.15) is 0 Å². The summed E-state index contributed by atoms with van der Waals surface area (Å²) >= 11 is 1.35. The lowest BCUT2D eigenvalue weighted by Crippen LogP contribution is -2.60. The van der Waals surface area contributed by atoms with Gasteiger partial charge in [-0.1, -0.05) is 18.2 Å². The molecular weight excluding hydrogens is 438 g/mol. The molecule has 2 aromatic carbocycles. The van der Waals surface area contributed by atoms with Crippen molar-refractivity contribution in [2.24, 2.45) is 17.8 Å². The van der Waals surface area contributed by atoms with Gasteiger partial charge < -0.3 is 10.6 Å². The van der Waals surface area contributed by atoms with Gasteiger partial charge in [0.05, 0.1) is 16.2 Å². The zero-order valence-electron chi connectivity index (χ0n) is 18.3. The summed E-state index contributed by atoms with van der Waals surface area (Å²) in [6, 6.07) is 13.0. The Morgan fingerprint density at radius 2 is 1.67 bits per heavy atom. The lowest BCUT2D eigenvalue weighted by molar-refractivity contribution is -0.384. The van der Waals surface area contributed by atoms with Crippen LogP contribution in [0.2, 0.25) is 0 Å². The molecule has 7 nitrogen and oxygen atoms in total. The van der Waals surface area contributed by atoms with Gasteiger partial charge in [0, 0.05) is 28.3 Å². The van der Waals surface area contributed by atoms with Crippen LogP contribution in [0.25, 0.3) is 0 Å². The van der Waals surface area contributed by atoms with Crippen molar-refractivity contribution in [1.82, 2.24) is 5.32 Å². The maximum absolute atomic E-state index is 12.9. The van der Waals surface area contributed by atoms with Crippen molar-refractivity contribution < 1.29 is 14.5 Å². The lowest BCUT2D eigenvalue weighted by Gasteiger charge is -2.56. The second-order valence-electron chi connectivity index (χ2n) is 9.79. The number of carbonyl (C=O) groups is 2. The molecule has 0 atom stereocenters. The lowest BCUT2D eigenvalue weighted by atomic mass is 9.53. The Balaban J connectivity index is 1.22. The van der Waals surface area contributed by atoms with E-state index in [1.54, 1.807) is 18.2 Å². The van der Waals surface area contributed by atoms with Crippen LogP contribution in [-0.4, -0.2) is 28.0 Å². The number of carbonyl (C=O) groups excluding carboxylic acids is 2. The molecule has 8 heteroatoms. The Kier molecular flexibility index (Phi) is 5.86. The van der Waals surface area contributed by atoms with E-state index in [0.717, 1.165) is 37.0 Å². The van der Waals surface area contributed by atoms with Gasteiger partial charge in [0.15, 0.2) is 0 Å². The van der Waals surface area contributed by atoms with Gasteiger partial charge in [-0.25, -0.2) is 0 Å². The van der Waals surface area contributed by atoms with E-state index in [9.17, 15) is 19.7 Å². The van der Waals surface area contributed by atoms with Crippen molar-refractivity contribution in [3.05, 3.63) is 64.2 Å². The van der Waals surface area contributed by atoms with E-state index in [-0.39, 0.29) is 28.8 Å². The van der Waals surface area contributed by atoms with Crippen molar-refractivity contribution in [1.29, 1.82) is 0 Å². The van der Waals surface area contributed by atoms with E-state index in [1.165, 1.54) is 49.2 Å². The summed E-state index contributed by atoms with van der Waals surface area (Å²) in [5.41, 5.74) is 0.688. The van der Waals surface area contributed by atoms with Crippen LogP contribution in [-0.2, 0) is 4.79 Å². The molecule has 4 aliphatic rings. The number of nitro groups is 1. The third-order valence-electron chi connectivity index (χ3n) is 7.25. The number of nitrogens with one attached hydrogen (secondary N) is 2. The van der Waals surface area contributed by atoms with Gasteiger partial charge >= 0.3 is 0 Å². The number of benzene rings is 2. The monoisotopic (exact) mass is 465 g/mol. The summed E-state index contributed by atoms with van der Waals surface area (Å²) in [4.78, 5) is 36.9. The molecule has 2 N–H and O–H groups in total. The quantitative estimate of drug-likeness (QED) is 0.339. The number of amides is 2. The van der Waals surface area contributed by atoms with Crippen LogP contribution in [0.1, 0.15) is 48.9 Å². The van der Waals surface area contributed by atoms with Crippen LogP contribution in [0.3, 0.4) is 0 Å². The second kappa shape index (κ2) is 8.82. The molecule has 2 aromatic rings. The minimum absolute atomic E-state index is 0.0225. The molecule has 4 aliphatic carbocycles. The number of anilines is 1. The molecule has 0 aromatic heterocycles. The van der Waals surface area contributed by atoms with Gasteiger partial charge in [-0.05, 0) is 74.5 Å². The molecule has 0 saturated heterocycles. The maximum atomic E-state index is 12.9. The van der Waals surface area contributed by atoms with Crippen LogP contribution in [0.4, 0.5) is 11.4 Å². The first-order chi connectivity index (χ1) is 15.9. The molecule has 0 unspecified atom stereocenters.